The number of likely N-dealkylation sites (N-methyl/N-ethyl adjacent to an activating group) is 1. The fourth-order valence-electron chi connectivity index (χ4n) is 1.52. The van der Waals surface area contributed by atoms with Gasteiger partial charge in [0.25, 0.3) is 0 Å². The normalized spacial score (nSPS) is 10.1. The molecule has 94 valence electrons. The molecule has 0 aromatic carbocycles. The topological polar surface area (TPSA) is 55.3 Å². The largest absolute Gasteiger partial charge is 0.465 e. The second-order valence-electron chi connectivity index (χ2n) is 3.74. The van der Waals surface area contributed by atoms with Crippen LogP contribution in [-0.4, -0.2) is 35.6 Å². The zero-order chi connectivity index (χ0) is 12.8. The summed E-state index contributed by atoms with van der Waals surface area (Å²) in [4.78, 5) is 22.0. The van der Waals surface area contributed by atoms with Gasteiger partial charge in [0.15, 0.2) is 5.82 Å². The van der Waals surface area contributed by atoms with E-state index < -0.39 is 0 Å². The highest BCUT2D eigenvalue weighted by atomic mass is 16.5. The molecule has 0 saturated carbocycles. The van der Waals surface area contributed by atoms with E-state index in [2.05, 4.69) is 9.97 Å². The molecule has 0 saturated heterocycles. The minimum absolute atomic E-state index is 0.212. The molecule has 0 amide bonds. The van der Waals surface area contributed by atoms with Crippen molar-refractivity contribution in [3.8, 4) is 0 Å². The smallest absolute Gasteiger partial charge is 0.325 e. The Bertz CT molecular complexity index is 393. The van der Waals surface area contributed by atoms with Crippen molar-refractivity contribution in [1.29, 1.82) is 0 Å². The van der Waals surface area contributed by atoms with E-state index in [4.69, 9.17) is 4.74 Å². The van der Waals surface area contributed by atoms with E-state index >= 15 is 0 Å². The lowest BCUT2D eigenvalue weighted by atomic mass is 10.3. The minimum Gasteiger partial charge on any atom is -0.465 e. The Morgan fingerprint density at radius 3 is 2.71 bits per heavy atom. The van der Waals surface area contributed by atoms with Gasteiger partial charge in [-0.05, 0) is 27.7 Å². The van der Waals surface area contributed by atoms with E-state index in [0.29, 0.717) is 13.2 Å². The molecule has 0 aliphatic rings. The van der Waals surface area contributed by atoms with Crippen LogP contribution < -0.4 is 4.90 Å². The maximum atomic E-state index is 11.5. The lowest BCUT2D eigenvalue weighted by Crippen LogP contribution is -2.32. The number of rotatable bonds is 5. The van der Waals surface area contributed by atoms with Gasteiger partial charge >= 0.3 is 5.97 Å². The second-order valence-corrected chi connectivity index (χ2v) is 3.74. The second kappa shape index (κ2) is 6.18. The van der Waals surface area contributed by atoms with Crippen LogP contribution in [0.25, 0.3) is 0 Å². The molecule has 0 radical (unpaired) electrons. The average Bonchev–Trinajstić information content (AvgIpc) is 2.30. The first kappa shape index (κ1) is 13.4. The first-order chi connectivity index (χ1) is 8.08. The van der Waals surface area contributed by atoms with Gasteiger partial charge < -0.3 is 9.64 Å². The quantitative estimate of drug-likeness (QED) is 0.726. The Kier molecular flexibility index (Phi) is 4.87. The van der Waals surface area contributed by atoms with Crippen LogP contribution in [0.1, 0.15) is 25.2 Å². The van der Waals surface area contributed by atoms with E-state index in [9.17, 15) is 4.79 Å². The SMILES string of the molecule is CCOC(=O)CN(CC)c1nc(C)cnc1C. The minimum atomic E-state index is -0.239. The van der Waals surface area contributed by atoms with Crippen molar-refractivity contribution in [1.82, 2.24) is 9.97 Å². The molecule has 0 bridgehead atoms. The Balaban J connectivity index is 2.85. The lowest BCUT2D eigenvalue weighted by Gasteiger charge is -2.22. The number of hydrogen-bond acceptors (Lipinski definition) is 5. The molecular formula is C12H19N3O2. The molecular weight excluding hydrogens is 218 g/mol. The third-order valence-corrected chi connectivity index (χ3v) is 2.36. The molecule has 0 atom stereocenters. The Morgan fingerprint density at radius 2 is 2.12 bits per heavy atom. The Morgan fingerprint density at radius 1 is 1.41 bits per heavy atom. The standard InChI is InChI=1S/C12H19N3O2/c1-5-15(8-11(16)17-6-2)12-10(4)13-7-9(3)14-12/h7H,5-6,8H2,1-4H3. The van der Waals surface area contributed by atoms with Gasteiger partial charge in [0, 0.05) is 12.7 Å². The molecule has 1 rings (SSSR count). The van der Waals surface area contributed by atoms with E-state index in [1.807, 2.05) is 25.7 Å². The van der Waals surface area contributed by atoms with Crippen LogP contribution in [-0.2, 0) is 9.53 Å². The summed E-state index contributed by atoms with van der Waals surface area (Å²) in [7, 11) is 0. The molecule has 0 fully saturated rings. The number of anilines is 1. The molecule has 5 heteroatoms. The van der Waals surface area contributed by atoms with Crippen molar-refractivity contribution in [3.05, 3.63) is 17.6 Å². The summed E-state index contributed by atoms with van der Waals surface area (Å²) in [6.07, 6.45) is 1.72. The predicted octanol–water partition coefficient (Wildman–Crippen LogP) is 1.48. The van der Waals surface area contributed by atoms with Gasteiger partial charge in [0.2, 0.25) is 0 Å². The van der Waals surface area contributed by atoms with Crippen molar-refractivity contribution in [2.75, 3.05) is 24.6 Å². The number of esters is 1. The monoisotopic (exact) mass is 237 g/mol. The zero-order valence-electron chi connectivity index (χ0n) is 10.9. The van der Waals surface area contributed by atoms with Gasteiger partial charge in [-0.15, -0.1) is 0 Å². The van der Waals surface area contributed by atoms with Crippen molar-refractivity contribution in [3.63, 3.8) is 0 Å². The number of aryl methyl sites for hydroxylation is 2. The van der Waals surface area contributed by atoms with Crippen LogP contribution in [0, 0.1) is 13.8 Å². The molecule has 0 unspecified atom stereocenters. The molecule has 1 aromatic rings. The Hall–Kier alpha value is -1.65. The molecule has 0 spiro atoms. The van der Waals surface area contributed by atoms with Crippen molar-refractivity contribution in [2.24, 2.45) is 0 Å². The van der Waals surface area contributed by atoms with Crippen LogP contribution in [0.3, 0.4) is 0 Å². The van der Waals surface area contributed by atoms with Crippen molar-refractivity contribution < 1.29 is 9.53 Å². The summed E-state index contributed by atoms with van der Waals surface area (Å²) in [6.45, 7) is 8.84. The van der Waals surface area contributed by atoms with Gasteiger partial charge in [0.1, 0.15) is 6.54 Å². The van der Waals surface area contributed by atoms with Gasteiger partial charge in [-0.25, -0.2) is 4.98 Å². The molecule has 0 aliphatic carbocycles. The fourth-order valence-corrected chi connectivity index (χ4v) is 1.52. The average molecular weight is 237 g/mol. The van der Waals surface area contributed by atoms with Crippen LogP contribution in [0.15, 0.2) is 6.20 Å². The summed E-state index contributed by atoms with van der Waals surface area (Å²) >= 11 is 0. The maximum Gasteiger partial charge on any atom is 0.325 e. The highest BCUT2D eigenvalue weighted by molar-refractivity contribution is 5.75. The van der Waals surface area contributed by atoms with Crippen LogP contribution >= 0.6 is 0 Å². The fraction of sp³-hybridized carbons (Fsp3) is 0.583. The van der Waals surface area contributed by atoms with E-state index in [1.54, 1.807) is 13.1 Å². The first-order valence-electron chi connectivity index (χ1n) is 5.79. The third kappa shape index (κ3) is 3.69. The molecule has 17 heavy (non-hydrogen) atoms. The first-order valence-corrected chi connectivity index (χ1v) is 5.79. The lowest BCUT2D eigenvalue weighted by molar-refractivity contribution is -0.141. The van der Waals surface area contributed by atoms with Crippen molar-refractivity contribution in [2.45, 2.75) is 27.7 Å². The summed E-state index contributed by atoms with van der Waals surface area (Å²) in [5.74, 6) is 0.512. The number of carbonyl (C=O) groups excluding carboxylic acids is 1. The van der Waals surface area contributed by atoms with E-state index in [0.717, 1.165) is 17.2 Å². The van der Waals surface area contributed by atoms with Crippen LogP contribution in [0.2, 0.25) is 0 Å². The summed E-state index contributed by atoms with van der Waals surface area (Å²) in [6, 6.07) is 0. The number of ether oxygens (including phenoxy) is 1. The molecule has 1 aromatic heterocycles. The summed E-state index contributed by atoms with van der Waals surface area (Å²) in [5.41, 5.74) is 1.66. The third-order valence-electron chi connectivity index (χ3n) is 2.36. The van der Waals surface area contributed by atoms with Gasteiger partial charge in [0.05, 0.1) is 18.0 Å². The number of nitrogens with zero attached hydrogens (tertiary/aromatic N) is 3. The van der Waals surface area contributed by atoms with E-state index in [1.165, 1.54) is 0 Å². The molecule has 0 N–H and O–H groups in total. The maximum absolute atomic E-state index is 11.5. The molecule has 0 aliphatic heterocycles. The van der Waals surface area contributed by atoms with Gasteiger partial charge in [-0.1, -0.05) is 0 Å². The van der Waals surface area contributed by atoms with Crippen molar-refractivity contribution >= 4 is 11.8 Å². The zero-order valence-corrected chi connectivity index (χ0v) is 10.9. The number of hydrogen-bond donors (Lipinski definition) is 0. The highest BCUT2D eigenvalue weighted by Crippen LogP contribution is 2.14. The van der Waals surface area contributed by atoms with Gasteiger partial charge in [-0.3, -0.25) is 9.78 Å². The van der Waals surface area contributed by atoms with E-state index in [-0.39, 0.29) is 12.5 Å². The van der Waals surface area contributed by atoms with Crippen LogP contribution in [0.4, 0.5) is 5.82 Å². The predicted molar refractivity (Wildman–Crippen MR) is 66.0 cm³/mol. The summed E-state index contributed by atoms with van der Waals surface area (Å²) < 4.78 is 4.94. The van der Waals surface area contributed by atoms with Crippen LogP contribution in [0.5, 0.6) is 0 Å². The molecule has 5 nitrogen and oxygen atoms in total. The van der Waals surface area contributed by atoms with Gasteiger partial charge in [-0.2, -0.15) is 0 Å². The number of aromatic nitrogens is 2. The number of carbonyl (C=O) groups is 1. The Labute approximate surface area is 102 Å². The molecule has 1 heterocycles. The summed E-state index contributed by atoms with van der Waals surface area (Å²) in [5, 5.41) is 0. The highest BCUT2D eigenvalue weighted by Gasteiger charge is 2.14.